The summed E-state index contributed by atoms with van der Waals surface area (Å²) in [4.78, 5) is 0. The summed E-state index contributed by atoms with van der Waals surface area (Å²) in [6, 6.07) is 30.4. The number of phenolic OH excluding ortho intramolecular Hbond substituents is 1. The number of unbranched alkanes of at least 4 members (excludes halogenated alkanes) is 2. The summed E-state index contributed by atoms with van der Waals surface area (Å²) in [5.74, 6) is 1.96. The highest BCUT2D eigenvalue weighted by Gasteiger charge is 2.25. The van der Waals surface area contributed by atoms with Gasteiger partial charge in [0.2, 0.25) is 0 Å². The van der Waals surface area contributed by atoms with Crippen LogP contribution in [0.15, 0.2) is 91.0 Å². The summed E-state index contributed by atoms with van der Waals surface area (Å²) in [7, 11) is 0. The molecule has 4 heteroatoms. The molecule has 0 aliphatic rings. The molecule has 0 aliphatic heterocycles. The zero-order valence-electron chi connectivity index (χ0n) is 22.8. The van der Waals surface area contributed by atoms with Crippen LogP contribution in [0.3, 0.4) is 0 Å². The van der Waals surface area contributed by atoms with Gasteiger partial charge in [-0.25, -0.2) is 0 Å². The number of aromatic hydroxyl groups is 1. The van der Waals surface area contributed by atoms with E-state index in [1.807, 2.05) is 48.5 Å². The Balaban J connectivity index is 1.78. The van der Waals surface area contributed by atoms with Crippen LogP contribution in [-0.2, 0) is 6.61 Å². The van der Waals surface area contributed by atoms with Gasteiger partial charge in [0.05, 0.1) is 13.2 Å². The summed E-state index contributed by atoms with van der Waals surface area (Å²) in [6.45, 7) is 5.78. The Morgan fingerprint density at radius 1 is 0.590 bits per heavy atom. The highest BCUT2D eigenvalue weighted by atomic mass is 16.5. The highest BCUT2D eigenvalue weighted by Crippen LogP contribution is 2.52. The number of benzene rings is 5. The van der Waals surface area contributed by atoms with Gasteiger partial charge >= 0.3 is 0 Å². The second kappa shape index (κ2) is 12.6. The van der Waals surface area contributed by atoms with Crippen LogP contribution in [0.25, 0.3) is 32.7 Å². The van der Waals surface area contributed by atoms with Crippen molar-refractivity contribution in [2.75, 3.05) is 13.2 Å². The number of phenols is 1. The number of fused-ring (bicyclic) bond motifs is 2. The van der Waals surface area contributed by atoms with Gasteiger partial charge < -0.3 is 19.3 Å². The van der Waals surface area contributed by atoms with Crippen LogP contribution in [0.1, 0.15) is 45.1 Å². The predicted octanol–water partition coefficient (Wildman–Crippen LogP) is 9.30. The van der Waals surface area contributed by atoms with E-state index in [1.54, 1.807) is 6.07 Å². The van der Waals surface area contributed by atoms with Crippen LogP contribution in [0.2, 0.25) is 0 Å². The molecule has 0 radical (unpaired) electrons. The maximum Gasteiger partial charge on any atom is 0.169 e. The van der Waals surface area contributed by atoms with Gasteiger partial charge in [-0.3, -0.25) is 0 Å². The number of hydrogen-bond acceptors (Lipinski definition) is 4. The van der Waals surface area contributed by atoms with Crippen LogP contribution < -0.4 is 14.2 Å². The van der Waals surface area contributed by atoms with Gasteiger partial charge in [-0.1, -0.05) is 106 Å². The molecule has 5 aromatic carbocycles. The smallest absolute Gasteiger partial charge is 0.169 e. The molecule has 0 fully saturated rings. The minimum absolute atomic E-state index is 0.124. The molecule has 5 rings (SSSR count). The predicted molar refractivity (Wildman–Crippen MR) is 160 cm³/mol. The van der Waals surface area contributed by atoms with Crippen molar-refractivity contribution in [3.63, 3.8) is 0 Å². The van der Waals surface area contributed by atoms with E-state index in [-0.39, 0.29) is 5.75 Å². The molecule has 0 amide bonds. The largest absolute Gasteiger partial charge is 0.504 e. The van der Waals surface area contributed by atoms with Crippen molar-refractivity contribution < 1.29 is 19.3 Å². The van der Waals surface area contributed by atoms with Crippen LogP contribution in [0, 0.1) is 0 Å². The van der Waals surface area contributed by atoms with Gasteiger partial charge in [-0.2, -0.15) is 0 Å². The summed E-state index contributed by atoms with van der Waals surface area (Å²) in [5.41, 5.74) is 2.79. The Hall–Kier alpha value is -4.18. The lowest BCUT2D eigenvalue weighted by Crippen LogP contribution is -2.05. The first-order chi connectivity index (χ1) is 19.2. The van der Waals surface area contributed by atoms with E-state index in [0.717, 1.165) is 63.9 Å². The Morgan fingerprint density at radius 2 is 1.13 bits per heavy atom. The van der Waals surface area contributed by atoms with Crippen molar-refractivity contribution in [2.24, 2.45) is 0 Å². The monoisotopic (exact) mass is 520 g/mol. The molecule has 0 saturated heterocycles. The minimum Gasteiger partial charge on any atom is -0.504 e. The lowest BCUT2D eigenvalue weighted by Gasteiger charge is -2.23. The number of rotatable bonds is 12. The van der Waals surface area contributed by atoms with E-state index in [1.165, 1.54) is 0 Å². The van der Waals surface area contributed by atoms with E-state index >= 15 is 0 Å². The van der Waals surface area contributed by atoms with Gasteiger partial charge in [0.1, 0.15) is 6.61 Å². The first-order valence-electron chi connectivity index (χ1n) is 13.9. The zero-order valence-corrected chi connectivity index (χ0v) is 22.8. The van der Waals surface area contributed by atoms with Gasteiger partial charge in [-0.15, -0.1) is 0 Å². The highest BCUT2D eigenvalue weighted by molar-refractivity contribution is 6.11. The van der Waals surface area contributed by atoms with Gasteiger partial charge in [0.25, 0.3) is 0 Å². The topological polar surface area (TPSA) is 47.9 Å². The average Bonchev–Trinajstić information content (AvgIpc) is 2.97. The molecule has 200 valence electrons. The Kier molecular flexibility index (Phi) is 8.52. The summed E-state index contributed by atoms with van der Waals surface area (Å²) >= 11 is 0. The molecule has 0 saturated carbocycles. The molecule has 1 N–H and O–H groups in total. The summed E-state index contributed by atoms with van der Waals surface area (Å²) < 4.78 is 19.4. The molecular weight excluding hydrogens is 484 g/mol. The van der Waals surface area contributed by atoms with Crippen LogP contribution in [-0.4, -0.2) is 18.3 Å². The molecule has 5 aromatic rings. The third kappa shape index (κ3) is 5.80. The van der Waals surface area contributed by atoms with Gasteiger partial charge in [0.15, 0.2) is 23.0 Å². The molecular formula is C35H36O4. The normalized spacial score (nSPS) is 11.1. The van der Waals surface area contributed by atoms with Crippen LogP contribution in [0.5, 0.6) is 23.0 Å². The molecule has 0 atom stereocenters. The fraction of sp³-hybridized carbons (Fsp3) is 0.257. The van der Waals surface area contributed by atoms with E-state index < -0.39 is 0 Å². The van der Waals surface area contributed by atoms with Gasteiger partial charge in [0, 0.05) is 11.1 Å². The molecule has 4 nitrogen and oxygen atoms in total. The lowest BCUT2D eigenvalue weighted by atomic mass is 9.91. The third-order valence-corrected chi connectivity index (χ3v) is 6.93. The minimum atomic E-state index is 0.124. The quantitative estimate of drug-likeness (QED) is 0.167. The Labute approximate surface area is 230 Å². The standard InChI is InChI=1S/C35H36O4/c1-3-5-20-37-34-30(36)22-26-16-10-12-18-28(26)32(34)33-29-19-13-11-17-27(29)23-31(35(33)38-21-6-4-2)39-24-25-14-8-7-9-15-25/h7-19,22-23,36H,3-6,20-21,24H2,1-2H3. The van der Waals surface area contributed by atoms with Gasteiger partial charge in [-0.05, 0) is 52.1 Å². The molecule has 0 spiro atoms. The van der Waals surface area contributed by atoms with Crippen LogP contribution in [0.4, 0.5) is 0 Å². The van der Waals surface area contributed by atoms with Crippen molar-refractivity contribution >= 4 is 21.5 Å². The average molecular weight is 521 g/mol. The lowest BCUT2D eigenvalue weighted by molar-refractivity contribution is 0.260. The number of ether oxygens (including phenoxy) is 3. The van der Waals surface area contributed by atoms with E-state index in [0.29, 0.717) is 37.1 Å². The van der Waals surface area contributed by atoms with E-state index in [2.05, 4.69) is 50.2 Å². The summed E-state index contributed by atoms with van der Waals surface area (Å²) in [5, 5.41) is 15.2. The van der Waals surface area contributed by atoms with Crippen molar-refractivity contribution in [1.82, 2.24) is 0 Å². The molecule has 0 heterocycles. The SMILES string of the molecule is CCCCOc1c(O)cc2ccccc2c1-c1c(OCCCC)c(OCc2ccccc2)cc2ccccc12. The maximum absolute atomic E-state index is 11.3. The molecule has 39 heavy (non-hydrogen) atoms. The van der Waals surface area contributed by atoms with Crippen molar-refractivity contribution in [1.29, 1.82) is 0 Å². The molecule has 0 unspecified atom stereocenters. The fourth-order valence-corrected chi connectivity index (χ4v) is 4.88. The molecule has 0 aromatic heterocycles. The van der Waals surface area contributed by atoms with Crippen LogP contribution >= 0.6 is 0 Å². The van der Waals surface area contributed by atoms with E-state index in [9.17, 15) is 5.11 Å². The zero-order chi connectivity index (χ0) is 27.0. The van der Waals surface area contributed by atoms with Crippen molar-refractivity contribution in [2.45, 2.75) is 46.1 Å². The van der Waals surface area contributed by atoms with Crippen molar-refractivity contribution in [3.8, 4) is 34.1 Å². The fourth-order valence-electron chi connectivity index (χ4n) is 4.88. The Bertz CT molecular complexity index is 1540. The first-order valence-corrected chi connectivity index (χ1v) is 13.9. The third-order valence-electron chi connectivity index (χ3n) is 6.93. The maximum atomic E-state index is 11.3. The molecule has 0 bridgehead atoms. The number of hydrogen-bond donors (Lipinski definition) is 1. The second-order valence-electron chi connectivity index (χ2n) is 9.80. The molecule has 0 aliphatic carbocycles. The second-order valence-corrected chi connectivity index (χ2v) is 9.80. The van der Waals surface area contributed by atoms with E-state index in [4.69, 9.17) is 14.2 Å². The Morgan fingerprint density at radius 3 is 1.77 bits per heavy atom. The first kappa shape index (κ1) is 26.4. The van der Waals surface area contributed by atoms with Crippen molar-refractivity contribution in [3.05, 3.63) is 96.6 Å². The summed E-state index contributed by atoms with van der Waals surface area (Å²) in [6.07, 6.45) is 3.84.